The van der Waals surface area contributed by atoms with Gasteiger partial charge in [-0.1, -0.05) is 0 Å². The van der Waals surface area contributed by atoms with Crippen LogP contribution in [0.25, 0.3) is 0 Å². The minimum atomic E-state index is -0.914. The lowest BCUT2D eigenvalue weighted by Gasteiger charge is -2.27. The first-order chi connectivity index (χ1) is 8.18. The van der Waals surface area contributed by atoms with Crippen molar-refractivity contribution in [3.63, 3.8) is 0 Å². The molecule has 0 aromatic heterocycles. The summed E-state index contributed by atoms with van der Waals surface area (Å²) in [6, 6.07) is -0.701. The maximum atomic E-state index is 12.0. The van der Waals surface area contributed by atoms with Gasteiger partial charge in [-0.2, -0.15) is 11.8 Å². The average Bonchev–Trinajstić information content (AvgIpc) is 2.79. The lowest BCUT2D eigenvalue weighted by Crippen LogP contribution is -2.50. The predicted octanol–water partition coefficient (Wildman–Crippen LogP) is 1.05. The summed E-state index contributed by atoms with van der Waals surface area (Å²) < 4.78 is 0. The molecule has 0 saturated carbocycles. The summed E-state index contributed by atoms with van der Waals surface area (Å²) in [5, 5.41) is 11.9. The van der Waals surface area contributed by atoms with Crippen LogP contribution in [0.2, 0.25) is 0 Å². The Morgan fingerprint density at radius 2 is 2.12 bits per heavy atom. The second-order valence-electron chi connectivity index (χ2n) is 4.19. The number of amides is 2. The summed E-state index contributed by atoms with van der Waals surface area (Å²) in [5.74, 6) is 2.14. The number of nitrogens with zero attached hydrogens (tertiary/aromatic N) is 1. The number of aliphatic carboxylic acids is 1. The molecule has 2 N–H and O–H groups in total. The fourth-order valence-electron chi connectivity index (χ4n) is 1.96. The Labute approximate surface area is 109 Å². The van der Waals surface area contributed by atoms with E-state index in [1.807, 2.05) is 11.8 Å². The summed E-state index contributed by atoms with van der Waals surface area (Å²) in [5.41, 5.74) is 0. The number of thioether (sulfide) groups is 2. The van der Waals surface area contributed by atoms with Gasteiger partial charge in [0.05, 0.1) is 5.88 Å². The van der Waals surface area contributed by atoms with Gasteiger partial charge in [0.2, 0.25) is 0 Å². The van der Waals surface area contributed by atoms with Gasteiger partial charge in [-0.05, 0) is 18.6 Å². The average molecular weight is 276 g/mol. The zero-order valence-electron chi connectivity index (χ0n) is 9.42. The number of carboxylic acids is 1. The number of carbonyl (C=O) groups is 2. The molecule has 2 atom stereocenters. The van der Waals surface area contributed by atoms with Crippen molar-refractivity contribution < 1.29 is 14.7 Å². The first-order valence-corrected chi connectivity index (χ1v) is 7.95. The number of nitrogens with one attached hydrogen (secondary N) is 1. The second kappa shape index (κ2) is 5.86. The molecule has 0 radical (unpaired) electrons. The van der Waals surface area contributed by atoms with Crippen molar-refractivity contribution in [1.29, 1.82) is 0 Å². The van der Waals surface area contributed by atoms with E-state index in [0.717, 1.165) is 24.3 Å². The van der Waals surface area contributed by atoms with Crippen LogP contribution in [0, 0.1) is 0 Å². The van der Waals surface area contributed by atoms with Crippen LogP contribution >= 0.6 is 23.5 Å². The zero-order chi connectivity index (χ0) is 12.3. The Morgan fingerprint density at radius 1 is 1.29 bits per heavy atom. The highest BCUT2D eigenvalue weighted by Crippen LogP contribution is 2.22. The highest BCUT2D eigenvalue weighted by atomic mass is 32.2. The van der Waals surface area contributed by atoms with Crippen LogP contribution in [0.4, 0.5) is 4.79 Å². The van der Waals surface area contributed by atoms with E-state index < -0.39 is 12.0 Å². The molecule has 2 aliphatic rings. The number of hydrogen-bond acceptors (Lipinski definition) is 4. The fourth-order valence-corrected chi connectivity index (χ4v) is 4.18. The number of urea groups is 1. The maximum Gasteiger partial charge on any atom is 0.327 e. The van der Waals surface area contributed by atoms with Crippen LogP contribution in [0.3, 0.4) is 0 Å². The molecule has 2 heterocycles. The number of rotatable bonds is 2. The fraction of sp³-hybridized carbons (Fsp3) is 0.800. The van der Waals surface area contributed by atoms with Gasteiger partial charge in [-0.15, -0.1) is 11.8 Å². The van der Waals surface area contributed by atoms with Crippen LogP contribution in [0.1, 0.15) is 12.8 Å². The van der Waals surface area contributed by atoms with Crippen molar-refractivity contribution in [1.82, 2.24) is 10.2 Å². The zero-order valence-corrected chi connectivity index (χ0v) is 11.1. The standard InChI is InChI=1S/C10H16N2O3S2/c13-9(14)8-5-17-6-12(8)10(15)11-7-2-1-3-16-4-7/h7-8H,1-6H2,(H,11,15)(H,13,14)/t7?,8-/m0/s1. The first kappa shape index (κ1) is 12.9. The topological polar surface area (TPSA) is 69.6 Å². The Balaban J connectivity index is 1.88. The molecule has 2 rings (SSSR count). The molecule has 7 heteroatoms. The van der Waals surface area contributed by atoms with Crippen LogP contribution in [0.5, 0.6) is 0 Å². The third kappa shape index (κ3) is 3.22. The maximum absolute atomic E-state index is 12.0. The van der Waals surface area contributed by atoms with Gasteiger partial charge in [0, 0.05) is 17.5 Å². The van der Waals surface area contributed by atoms with E-state index in [1.165, 1.54) is 16.7 Å². The third-order valence-corrected chi connectivity index (χ3v) is 5.14. The van der Waals surface area contributed by atoms with Crippen LogP contribution in [-0.4, -0.2) is 57.2 Å². The van der Waals surface area contributed by atoms with Gasteiger partial charge >= 0.3 is 12.0 Å². The highest BCUT2D eigenvalue weighted by molar-refractivity contribution is 7.99. The molecule has 0 spiro atoms. The largest absolute Gasteiger partial charge is 0.480 e. The number of hydrogen-bond donors (Lipinski definition) is 2. The molecular weight excluding hydrogens is 260 g/mol. The first-order valence-electron chi connectivity index (χ1n) is 5.64. The minimum Gasteiger partial charge on any atom is -0.480 e. The van der Waals surface area contributed by atoms with Gasteiger partial charge in [0.25, 0.3) is 0 Å². The molecule has 17 heavy (non-hydrogen) atoms. The van der Waals surface area contributed by atoms with E-state index in [-0.39, 0.29) is 12.1 Å². The Kier molecular flexibility index (Phi) is 4.44. The molecule has 2 fully saturated rings. The molecule has 96 valence electrons. The lowest BCUT2D eigenvalue weighted by molar-refractivity contribution is -0.140. The van der Waals surface area contributed by atoms with Crippen molar-refractivity contribution in [3.8, 4) is 0 Å². The van der Waals surface area contributed by atoms with E-state index in [4.69, 9.17) is 5.11 Å². The Bertz CT molecular complexity index is 308. The summed E-state index contributed by atoms with van der Waals surface area (Å²) in [6.45, 7) is 0. The quantitative estimate of drug-likeness (QED) is 0.789. The van der Waals surface area contributed by atoms with Crippen LogP contribution in [0.15, 0.2) is 0 Å². The van der Waals surface area contributed by atoms with Gasteiger partial charge < -0.3 is 15.3 Å². The minimum absolute atomic E-state index is 0.196. The highest BCUT2D eigenvalue weighted by Gasteiger charge is 2.35. The molecule has 5 nitrogen and oxygen atoms in total. The molecule has 1 unspecified atom stereocenters. The Morgan fingerprint density at radius 3 is 2.76 bits per heavy atom. The molecule has 2 aliphatic heterocycles. The van der Waals surface area contributed by atoms with Gasteiger partial charge in [-0.3, -0.25) is 0 Å². The van der Waals surface area contributed by atoms with Crippen LogP contribution in [-0.2, 0) is 4.79 Å². The molecular formula is C10H16N2O3S2. The molecule has 2 saturated heterocycles. The van der Waals surface area contributed by atoms with Crippen molar-refractivity contribution in [2.75, 3.05) is 23.1 Å². The van der Waals surface area contributed by atoms with Gasteiger partial charge in [-0.25, -0.2) is 9.59 Å². The lowest BCUT2D eigenvalue weighted by atomic mass is 10.2. The second-order valence-corrected chi connectivity index (χ2v) is 6.34. The predicted molar refractivity (Wildman–Crippen MR) is 69.5 cm³/mol. The summed E-state index contributed by atoms with van der Waals surface area (Å²) in [6.07, 6.45) is 2.12. The van der Waals surface area contributed by atoms with Crippen LogP contribution < -0.4 is 5.32 Å². The van der Waals surface area contributed by atoms with E-state index in [2.05, 4.69) is 5.32 Å². The van der Waals surface area contributed by atoms with Crippen molar-refractivity contribution >= 4 is 35.5 Å². The normalized spacial score (nSPS) is 29.1. The van der Waals surface area contributed by atoms with E-state index in [9.17, 15) is 9.59 Å². The molecule has 0 bridgehead atoms. The van der Waals surface area contributed by atoms with E-state index >= 15 is 0 Å². The molecule has 0 aromatic rings. The number of carbonyl (C=O) groups excluding carboxylic acids is 1. The Hall–Kier alpha value is -0.560. The number of carboxylic acid groups (broad SMARTS) is 1. The van der Waals surface area contributed by atoms with E-state index in [0.29, 0.717) is 11.6 Å². The molecule has 0 aliphatic carbocycles. The van der Waals surface area contributed by atoms with E-state index in [1.54, 1.807) is 0 Å². The SMILES string of the molecule is O=C(O)[C@@H]1CSCN1C(=O)NC1CCCSC1. The van der Waals surface area contributed by atoms with Gasteiger partial charge in [0.15, 0.2) is 0 Å². The smallest absolute Gasteiger partial charge is 0.327 e. The third-order valence-electron chi connectivity index (χ3n) is 2.92. The molecule has 2 amide bonds. The summed E-state index contributed by atoms with van der Waals surface area (Å²) in [7, 11) is 0. The van der Waals surface area contributed by atoms with Gasteiger partial charge in [0.1, 0.15) is 6.04 Å². The summed E-state index contributed by atoms with van der Waals surface area (Å²) in [4.78, 5) is 24.3. The van der Waals surface area contributed by atoms with Crippen molar-refractivity contribution in [3.05, 3.63) is 0 Å². The molecule has 0 aromatic carbocycles. The monoisotopic (exact) mass is 276 g/mol. The van der Waals surface area contributed by atoms with Crippen molar-refractivity contribution in [2.24, 2.45) is 0 Å². The summed E-state index contributed by atoms with van der Waals surface area (Å²) >= 11 is 3.33. The van der Waals surface area contributed by atoms with Crippen molar-refractivity contribution in [2.45, 2.75) is 24.9 Å².